The molecule has 0 saturated carbocycles. The average molecular weight is 688 g/mol. The normalized spacial score (nSPS) is 16.3. The molecule has 0 amide bonds. The molecule has 12 heteroatoms. The summed E-state index contributed by atoms with van der Waals surface area (Å²) in [4.78, 5) is 8.71. The predicted molar refractivity (Wildman–Crippen MR) is 171 cm³/mol. The molecule has 2 N–H and O–H groups in total. The fraction of sp³-hybridized carbons (Fsp3) is 0.312. The van der Waals surface area contributed by atoms with Crippen molar-refractivity contribution in [3.63, 3.8) is 0 Å². The molecule has 0 aliphatic carbocycles. The molecule has 1 aromatic heterocycles. The number of rotatable bonds is 14. The number of hydrogen-bond acceptors (Lipinski definition) is 8. The third-order valence-corrected chi connectivity index (χ3v) is 9.82. The van der Waals surface area contributed by atoms with Crippen LogP contribution in [0.1, 0.15) is 37.3 Å². The summed E-state index contributed by atoms with van der Waals surface area (Å²) in [6.45, 7) is 2.81. The highest BCUT2D eigenvalue weighted by molar-refractivity contribution is 9.10. The first-order valence-corrected chi connectivity index (χ1v) is 16.9. The first-order valence-electron chi connectivity index (χ1n) is 14.3. The first-order chi connectivity index (χ1) is 21.2. The van der Waals surface area contributed by atoms with Crippen LogP contribution in [-0.2, 0) is 26.8 Å². The van der Waals surface area contributed by atoms with Gasteiger partial charge in [-0.25, -0.2) is 27.2 Å². The van der Waals surface area contributed by atoms with Crippen molar-refractivity contribution in [3.05, 3.63) is 100 Å². The Morgan fingerprint density at radius 2 is 1.93 bits per heavy atom. The zero-order valence-corrected chi connectivity index (χ0v) is 26.6. The molecule has 1 aliphatic rings. The molecule has 0 radical (unpaired) electrons. The van der Waals surface area contributed by atoms with Gasteiger partial charge in [-0.3, -0.25) is 0 Å². The number of hydrogen-bond donors (Lipinski definition) is 2. The molecule has 4 aromatic rings. The van der Waals surface area contributed by atoms with Gasteiger partial charge in [-0.2, -0.15) is 0 Å². The zero-order valence-electron chi connectivity index (χ0n) is 24.2. The van der Waals surface area contributed by atoms with Gasteiger partial charge >= 0.3 is 0 Å². The minimum Gasteiger partial charge on any atom is -0.490 e. The van der Waals surface area contributed by atoms with Crippen LogP contribution in [0.15, 0.2) is 77.7 Å². The summed E-state index contributed by atoms with van der Waals surface area (Å²) in [5.74, 6) is 0.521. The van der Waals surface area contributed by atoms with Gasteiger partial charge in [-0.1, -0.05) is 19.1 Å². The van der Waals surface area contributed by atoms with Crippen molar-refractivity contribution in [2.24, 2.45) is 0 Å². The van der Waals surface area contributed by atoms with Crippen LogP contribution in [0.3, 0.4) is 0 Å². The molecule has 2 heterocycles. The van der Waals surface area contributed by atoms with E-state index in [1.54, 1.807) is 30.5 Å². The van der Waals surface area contributed by atoms with Gasteiger partial charge in [0.25, 0.3) is 0 Å². The van der Waals surface area contributed by atoms with Crippen LogP contribution >= 0.6 is 15.9 Å². The summed E-state index contributed by atoms with van der Waals surface area (Å²) >= 11 is 3.54. The van der Waals surface area contributed by atoms with Gasteiger partial charge in [0.05, 0.1) is 22.0 Å². The highest BCUT2D eigenvalue weighted by Gasteiger charge is 2.38. The highest BCUT2D eigenvalue weighted by atomic mass is 79.9. The van der Waals surface area contributed by atoms with E-state index >= 15 is 4.39 Å². The van der Waals surface area contributed by atoms with Crippen LogP contribution < -0.4 is 15.4 Å². The van der Waals surface area contributed by atoms with E-state index in [0.717, 1.165) is 0 Å². The predicted octanol–water partition coefficient (Wildman–Crippen LogP) is 6.93. The van der Waals surface area contributed by atoms with Gasteiger partial charge in [0.2, 0.25) is 0 Å². The van der Waals surface area contributed by atoms with Gasteiger partial charge in [0.15, 0.2) is 9.84 Å². The lowest BCUT2D eigenvalue weighted by molar-refractivity contribution is 0.0296. The molecule has 3 aromatic carbocycles. The number of nitrogens with zero attached hydrogens (tertiary/aromatic N) is 2. The maximum absolute atomic E-state index is 15.6. The Balaban J connectivity index is 1.32. The number of ether oxygens (including phenoxy) is 2. The standard InChI is InChI=1S/C32H33BrF2N4O4S/c1-2-14-44(40,41)15-12-36-11-10-32(9-4-13-43-32)26-18-25-29(19-28(26)35)37-21-38-31(25)39-24-7-8-30(27(33)17-24)42-20-22-5-3-6-23(34)16-22/h3-8,13,16-19,21,36H,2,9-12,14-15,20H2,1H3,(H,37,38,39). The Morgan fingerprint density at radius 3 is 2.68 bits per heavy atom. The van der Waals surface area contributed by atoms with E-state index in [0.29, 0.717) is 76.1 Å². The van der Waals surface area contributed by atoms with E-state index in [1.807, 2.05) is 25.1 Å². The van der Waals surface area contributed by atoms with Crippen LogP contribution in [0.2, 0.25) is 0 Å². The third kappa shape index (κ3) is 7.72. The van der Waals surface area contributed by atoms with Crippen molar-refractivity contribution in [1.29, 1.82) is 0 Å². The Morgan fingerprint density at radius 1 is 1.07 bits per heavy atom. The van der Waals surface area contributed by atoms with Gasteiger partial charge in [0.1, 0.15) is 41.7 Å². The zero-order chi connectivity index (χ0) is 31.2. The largest absolute Gasteiger partial charge is 0.490 e. The third-order valence-electron chi connectivity index (χ3n) is 7.34. The fourth-order valence-electron chi connectivity index (χ4n) is 5.14. The minimum atomic E-state index is -3.09. The van der Waals surface area contributed by atoms with Gasteiger partial charge in [-0.15, -0.1) is 0 Å². The summed E-state index contributed by atoms with van der Waals surface area (Å²) in [6.07, 6.45) is 6.27. The van der Waals surface area contributed by atoms with E-state index in [2.05, 4.69) is 36.5 Å². The van der Waals surface area contributed by atoms with Crippen molar-refractivity contribution in [2.45, 2.75) is 38.4 Å². The topological polar surface area (TPSA) is 102 Å². The van der Waals surface area contributed by atoms with Crippen molar-refractivity contribution >= 4 is 48.2 Å². The number of aromatic nitrogens is 2. The maximum Gasteiger partial charge on any atom is 0.151 e. The number of benzene rings is 3. The fourth-order valence-corrected chi connectivity index (χ4v) is 6.91. The van der Waals surface area contributed by atoms with Crippen LogP contribution in [0.25, 0.3) is 10.9 Å². The van der Waals surface area contributed by atoms with Crippen LogP contribution in [0, 0.1) is 11.6 Å². The van der Waals surface area contributed by atoms with Gasteiger partial charge in [-0.05, 0) is 76.9 Å². The number of sulfone groups is 1. The molecule has 44 heavy (non-hydrogen) atoms. The molecule has 0 spiro atoms. The molecular weight excluding hydrogens is 654 g/mol. The summed E-state index contributed by atoms with van der Waals surface area (Å²) in [5, 5.41) is 7.08. The summed E-state index contributed by atoms with van der Waals surface area (Å²) in [6, 6.07) is 14.8. The molecular formula is C32H33BrF2N4O4S. The lowest BCUT2D eigenvalue weighted by atomic mass is 9.86. The Kier molecular flexibility index (Phi) is 10.1. The molecule has 1 unspecified atom stereocenters. The Bertz CT molecular complexity index is 1760. The van der Waals surface area contributed by atoms with Crippen molar-refractivity contribution in [3.8, 4) is 5.75 Å². The van der Waals surface area contributed by atoms with E-state index in [1.165, 1.54) is 24.5 Å². The van der Waals surface area contributed by atoms with Crippen molar-refractivity contribution in [1.82, 2.24) is 15.3 Å². The summed E-state index contributed by atoms with van der Waals surface area (Å²) in [5.41, 5.74) is 1.26. The molecule has 1 atom stereocenters. The number of fused-ring (bicyclic) bond motifs is 1. The molecule has 0 fully saturated rings. The Labute approximate surface area is 264 Å². The minimum absolute atomic E-state index is 0.0554. The SMILES string of the molecule is CCCS(=O)(=O)CCNCCC1(c2cc3c(Nc4ccc(OCc5cccc(F)c5)c(Br)c4)ncnc3cc2F)CC=CO1. The number of halogens is 3. The molecule has 232 valence electrons. The van der Waals surface area contributed by atoms with E-state index in [-0.39, 0.29) is 23.9 Å². The second-order valence-corrected chi connectivity index (χ2v) is 13.8. The molecule has 1 aliphatic heterocycles. The molecule has 0 bridgehead atoms. The first kappa shape index (κ1) is 31.8. The van der Waals surface area contributed by atoms with E-state index in [4.69, 9.17) is 9.47 Å². The smallest absolute Gasteiger partial charge is 0.151 e. The average Bonchev–Trinajstić information content (AvgIpc) is 3.46. The van der Waals surface area contributed by atoms with Crippen LogP contribution in [-0.4, -0.2) is 43.0 Å². The number of anilines is 2. The molecule has 8 nitrogen and oxygen atoms in total. The highest BCUT2D eigenvalue weighted by Crippen LogP contribution is 2.41. The second-order valence-electron chi connectivity index (χ2n) is 10.6. The van der Waals surface area contributed by atoms with Crippen LogP contribution in [0.4, 0.5) is 20.3 Å². The van der Waals surface area contributed by atoms with E-state index in [9.17, 15) is 12.8 Å². The lowest BCUT2D eigenvalue weighted by Gasteiger charge is -2.30. The summed E-state index contributed by atoms with van der Waals surface area (Å²) in [7, 11) is -3.09. The summed E-state index contributed by atoms with van der Waals surface area (Å²) < 4.78 is 65.7. The van der Waals surface area contributed by atoms with Crippen molar-refractivity contribution in [2.75, 3.05) is 29.9 Å². The maximum atomic E-state index is 15.6. The molecule has 5 rings (SSSR count). The molecule has 0 saturated heterocycles. The quantitative estimate of drug-likeness (QED) is 0.138. The van der Waals surface area contributed by atoms with Gasteiger partial charge in [0, 0.05) is 47.8 Å². The monoisotopic (exact) mass is 686 g/mol. The van der Waals surface area contributed by atoms with Crippen LogP contribution in [0.5, 0.6) is 5.75 Å². The lowest BCUT2D eigenvalue weighted by Crippen LogP contribution is -2.33. The number of nitrogens with one attached hydrogen (secondary N) is 2. The van der Waals surface area contributed by atoms with E-state index < -0.39 is 21.3 Å². The van der Waals surface area contributed by atoms with Crippen molar-refractivity contribution < 1.29 is 26.7 Å². The second kappa shape index (κ2) is 14.0. The Hall–Kier alpha value is -3.61. The van der Waals surface area contributed by atoms with Gasteiger partial charge < -0.3 is 20.1 Å².